The van der Waals surface area contributed by atoms with Gasteiger partial charge in [0.15, 0.2) is 0 Å². The van der Waals surface area contributed by atoms with Crippen LogP contribution in [0, 0.1) is 18.8 Å². The van der Waals surface area contributed by atoms with Crippen molar-refractivity contribution in [2.75, 3.05) is 20.3 Å². The Bertz CT molecular complexity index is 305. The second-order valence-electron chi connectivity index (χ2n) is 4.89. The van der Waals surface area contributed by atoms with Crippen LogP contribution in [0.4, 0.5) is 0 Å². The van der Waals surface area contributed by atoms with E-state index in [1.54, 1.807) is 7.11 Å². The van der Waals surface area contributed by atoms with Crippen LogP contribution >= 0.6 is 0 Å². The molecule has 1 N–H and O–H groups in total. The molecule has 2 atom stereocenters. The quantitative estimate of drug-likeness (QED) is 0.789. The molecule has 2 heteroatoms. The highest BCUT2D eigenvalue weighted by Gasteiger charge is 2.16. The third kappa shape index (κ3) is 4.88. The Hall–Kier alpha value is -0.860. The number of methoxy groups -OCH3 is 1. The SMILES string of the molecule is COCCC(C)C(CO)Cc1ccc(C)cc1. The molecular formula is C15H24O2. The minimum atomic E-state index is 0.249. The zero-order valence-electron chi connectivity index (χ0n) is 11.1. The van der Waals surface area contributed by atoms with Crippen LogP contribution in [0.5, 0.6) is 0 Å². The first-order valence-corrected chi connectivity index (χ1v) is 6.32. The average molecular weight is 236 g/mol. The Morgan fingerprint density at radius 2 is 1.88 bits per heavy atom. The molecule has 17 heavy (non-hydrogen) atoms. The number of ether oxygens (including phenoxy) is 1. The van der Waals surface area contributed by atoms with Crippen molar-refractivity contribution in [3.8, 4) is 0 Å². The van der Waals surface area contributed by atoms with E-state index in [2.05, 4.69) is 38.1 Å². The molecular weight excluding hydrogens is 212 g/mol. The van der Waals surface area contributed by atoms with Crippen LogP contribution in [0.1, 0.15) is 24.5 Å². The van der Waals surface area contributed by atoms with Crippen LogP contribution < -0.4 is 0 Å². The van der Waals surface area contributed by atoms with E-state index in [0.717, 1.165) is 19.4 Å². The predicted octanol–water partition coefficient (Wildman–Crippen LogP) is 2.82. The molecule has 0 saturated carbocycles. The van der Waals surface area contributed by atoms with Crippen LogP contribution in [0.2, 0.25) is 0 Å². The number of hydrogen-bond acceptors (Lipinski definition) is 2. The highest BCUT2D eigenvalue weighted by molar-refractivity contribution is 5.21. The summed E-state index contributed by atoms with van der Waals surface area (Å²) >= 11 is 0. The van der Waals surface area contributed by atoms with Gasteiger partial charge in [-0.2, -0.15) is 0 Å². The van der Waals surface area contributed by atoms with Gasteiger partial charge in [0.25, 0.3) is 0 Å². The van der Waals surface area contributed by atoms with E-state index in [1.807, 2.05) is 0 Å². The molecule has 96 valence electrons. The molecule has 0 aromatic heterocycles. The summed E-state index contributed by atoms with van der Waals surface area (Å²) in [6.45, 7) is 5.30. The molecule has 1 aromatic carbocycles. The summed E-state index contributed by atoms with van der Waals surface area (Å²) in [5, 5.41) is 9.47. The fraction of sp³-hybridized carbons (Fsp3) is 0.600. The molecule has 0 amide bonds. The summed E-state index contributed by atoms with van der Waals surface area (Å²) in [6, 6.07) is 8.56. The minimum Gasteiger partial charge on any atom is -0.396 e. The van der Waals surface area contributed by atoms with Crippen molar-refractivity contribution >= 4 is 0 Å². The Kier molecular flexibility index (Phi) is 6.23. The number of hydrogen-bond donors (Lipinski definition) is 1. The summed E-state index contributed by atoms with van der Waals surface area (Å²) in [6.07, 6.45) is 1.95. The van der Waals surface area contributed by atoms with Crippen LogP contribution in [0.3, 0.4) is 0 Å². The lowest BCUT2D eigenvalue weighted by atomic mass is 9.86. The van der Waals surface area contributed by atoms with Crippen LogP contribution in [0.15, 0.2) is 24.3 Å². The maximum absolute atomic E-state index is 9.47. The Balaban J connectivity index is 2.53. The van der Waals surface area contributed by atoms with Crippen LogP contribution in [0.25, 0.3) is 0 Å². The largest absolute Gasteiger partial charge is 0.396 e. The maximum Gasteiger partial charge on any atom is 0.0465 e. The molecule has 0 bridgehead atoms. The molecule has 0 aliphatic rings. The molecule has 0 fully saturated rings. The van der Waals surface area contributed by atoms with E-state index in [0.29, 0.717) is 11.8 Å². The molecule has 2 unspecified atom stereocenters. The van der Waals surface area contributed by atoms with Gasteiger partial charge in [-0.1, -0.05) is 36.8 Å². The molecule has 2 nitrogen and oxygen atoms in total. The Labute approximate surface area is 105 Å². The lowest BCUT2D eigenvalue weighted by molar-refractivity contribution is 0.134. The van der Waals surface area contributed by atoms with Crippen LogP contribution in [-0.2, 0) is 11.2 Å². The van der Waals surface area contributed by atoms with Gasteiger partial charge in [-0.25, -0.2) is 0 Å². The van der Waals surface area contributed by atoms with Crippen molar-refractivity contribution in [1.29, 1.82) is 0 Å². The number of aliphatic hydroxyl groups is 1. The molecule has 0 aliphatic heterocycles. The highest BCUT2D eigenvalue weighted by Crippen LogP contribution is 2.20. The van der Waals surface area contributed by atoms with Gasteiger partial charge in [0.1, 0.15) is 0 Å². The van der Waals surface area contributed by atoms with Crippen molar-refractivity contribution in [2.24, 2.45) is 11.8 Å². The normalized spacial score (nSPS) is 14.6. The van der Waals surface area contributed by atoms with Crippen molar-refractivity contribution in [1.82, 2.24) is 0 Å². The number of aryl methyl sites for hydroxylation is 1. The van der Waals surface area contributed by atoms with E-state index in [-0.39, 0.29) is 6.61 Å². The first-order valence-electron chi connectivity index (χ1n) is 6.32. The van der Waals surface area contributed by atoms with Gasteiger partial charge in [0.2, 0.25) is 0 Å². The lowest BCUT2D eigenvalue weighted by Crippen LogP contribution is -2.20. The average Bonchev–Trinajstić information content (AvgIpc) is 2.35. The fourth-order valence-electron chi connectivity index (χ4n) is 2.01. The highest BCUT2D eigenvalue weighted by atomic mass is 16.5. The summed E-state index contributed by atoms with van der Waals surface area (Å²) in [4.78, 5) is 0. The van der Waals surface area contributed by atoms with Crippen molar-refractivity contribution in [3.05, 3.63) is 35.4 Å². The minimum absolute atomic E-state index is 0.249. The molecule has 1 aromatic rings. The maximum atomic E-state index is 9.47. The molecule has 0 saturated heterocycles. The summed E-state index contributed by atoms with van der Waals surface area (Å²) in [5.74, 6) is 0.814. The molecule has 0 aliphatic carbocycles. The third-order valence-corrected chi connectivity index (χ3v) is 3.44. The van der Waals surface area contributed by atoms with Crippen molar-refractivity contribution in [3.63, 3.8) is 0 Å². The third-order valence-electron chi connectivity index (χ3n) is 3.44. The first kappa shape index (κ1) is 14.2. The summed E-state index contributed by atoms with van der Waals surface area (Å²) in [7, 11) is 1.72. The van der Waals surface area contributed by atoms with E-state index in [9.17, 15) is 5.11 Å². The zero-order valence-corrected chi connectivity index (χ0v) is 11.1. The van der Waals surface area contributed by atoms with Gasteiger partial charge in [0, 0.05) is 20.3 Å². The van der Waals surface area contributed by atoms with E-state index >= 15 is 0 Å². The lowest BCUT2D eigenvalue weighted by Gasteiger charge is -2.21. The van der Waals surface area contributed by atoms with Gasteiger partial charge in [-0.15, -0.1) is 0 Å². The van der Waals surface area contributed by atoms with E-state index in [1.165, 1.54) is 11.1 Å². The van der Waals surface area contributed by atoms with E-state index in [4.69, 9.17) is 4.74 Å². The molecule has 0 radical (unpaired) electrons. The van der Waals surface area contributed by atoms with E-state index < -0.39 is 0 Å². The fourth-order valence-corrected chi connectivity index (χ4v) is 2.01. The number of benzene rings is 1. The van der Waals surface area contributed by atoms with Gasteiger partial charge < -0.3 is 9.84 Å². The molecule has 1 rings (SSSR count). The first-order chi connectivity index (χ1) is 8.17. The van der Waals surface area contributed by atoms with Gasteiger partial charge in [0.05, 0.1) is 0 Å². The van der Waals surface area contributed by atoms with Gasteiger partial charge >= 0.3 is 0 Å². The van der Waals surface area contributed by atoms with Gasteiger partial charge in [-0.05, 0) is 37.2 Å². The number of aliphatic hydroxyl groups excluding tert-OH is 1. The predicted molar refractivity (Wildman–Crippen MR) is 71.1 cm³/mol. The standard InChI is InChI=1S/C15H24O2/c1-12-4-6-14(7-5-12)10-15(11-16)13(2)8-9-17-3/h4-7,13,15-16H,8-11H2,1-3H3. The summed E-state index contributed by atoms with van der Waals surface area (Å²) in [5.41, 5.74) is 2.58. The Morgan fingerprint density at radius 3 is 2.41 bits per heavy atom. The number of rotatable bonds is 7. The summed E-state index contributed by atoms with van der Waals surface area (Å²) < 4.78 is 5.09. The van der Waals surface area contributed by atoms with Crippen molar-refractivity contribution in [2.45, 2.75) is 26.7 Å². The van der Waals surface area contributed by atoms with Gasteiger partial charge in [-0.3, -0.25) is 0 Å². The molecule has 0 spiro atoms. The Morgan fingerprint density at radius 1 is 1.24 bits per heavy atom. The molecule has 0 heterocycles. The van der Waals surface area contributed by atoms with Crippen LogP contribution in [-0.4, -0.2) is 25.4 Å². The van der Waals surface area contributed by atoms with Crippen molar-refractivity contribution < 1.29 is 9.84 Å². The second-order valence-corrected chi connectivity index (χ2v) is 4.89. The second kappa shape index (κ2) is 7.46. The monoisotopic (exact) mass is 236 g/mol. The topological polar surface area (TPSA) is 29.5 Å². The smallest absolute Gasteiger partial charge is 0.0465 e. The zero-order chi connectivity index (χ0) is 12.7.